The second-order valence-corrected chi connectivity index (χ2v) is 4.67. The Morgan fingerprint density at radius 1 is 1.05 bits per heavy atom. The quantitative estimate of drug-likeness (QED) is 0.646. The molecule has 0 radical (unpaired) electrons. The van der Waals surface area contributed by atoms with Gasteiger partial charge in [-0.3, -0.25) is 9.78 Å². The number of benzene rings is 2. The molecule has 0 aliphatic heterocycles. The van der Waals surface area contributed by atoms with Gasteiger partial charge in [0.05, 0.1) is 5.52 Å². The van der Waals surface area contributed by atoms with E-state index in [2.05, 4.69) is 4.98 Å². The summed E-state index contributed by atoms with van der Waals surface area (Å²) in [5.41, 5.74) is 3.27. The van der Waals surface area contributed by atoms with Crippen LogP contribution in [-0.2, 0) is 0 Å². The number of halogens is 1. The number of carbonyl (C=O) groups excluding carboxylic acids is 1. The molecule has 0 spiro atoms. The van der Waals surface area contributed by atoms with Gasteiger partial charge in [0, 0.05) is 27.7 Å². The van der Waals surface area contributed by atoms with Gasteiger partial charge in [-0.15, -0.1) is 0 Å². The Bertz CT molecular complexity index is 753. The second-order valence-electron chi connectivity index (χ2n) is 4.23. The Hall–Kier alpha value is -2.19. The first-order chi connectivity index (χ1) is 9.29. The summed E-state index contributed by atoms with van der Waals surface area (Å²) in [5, 5.41) is 1.57. The van der Waals surface area contributed by atoms with Gasteiger partial charge in [0.15, 0.2) is 6.29 Å². The molecule has 3 heteroatoms. The largest absolute Gasteiger partial charge is 0.298 e. The van der Waals surface area contributed by atoms with Gasteiger partial charge in [0.25, 0.3) is 0 Å². The van der Waals surface area contributed by atoms with E-state index < -0.39 is 0 Å². The molecule has 0 amide bonds. The van der Waals surface area contributed by atoms with Crippen LogP contribution >= 0.6 is 11.6 Å². The molecule has 92 valence electrons. The summed E-state index contributed by atoms with van der Waals surface area (Å²) < 4.78 is 0. The average molecular weight is 268 g/mol. The first-order valence-electron chi connectivity index (χ1n) is 5.88. The lowest BCUT2D eigenvalue weighted by atomic mass is 9.97. The van der Waals surface area contributed by atoms with Crippen LogP contribution in [0.3, 0.4) is 0 Å². The zero-order valence-electron chi connectivity index (χ0n) is 10.0. The molecule has 0 aliphatic rings. The molecular formula is C16H10ClNO. The first kappa shape index (κ1) is 11.9. The number of hydrogen-bond acceptors (Lipinski definition) is 2. The van der Waals surface area contributed by atoms with Crippen molar-refractivity contribution in [2.24, 2.45) is 0 Å². The number of pyridine rings is 1. The molecule has 3 aromatic rings. The van der Waals surface area contributed by atoms with Gasteiger partial charge in [0.1, 0.15) is 0 Å². The predicted molar refractivity (Wildman–Crippen MR) is 77.6 cm³/mol. The topological polar surface area (TPSA) is 30.0 Å². The molecular weight excluding hydrogens is 258 g/mol. The van der Waals surface area contributed by atoms with E-state index in [0.29, 0.717) is 10.6 Å². The third-order valence-corrected chi connectivity index (χ3v) is 3.29. The number of hydrogen-bond donors (Lipinski definition) is 0. The van der Waals surface area contributed by atoms with E-state index in [1.807, 2.05) is 42.5 Å². The monoisotopic (exact) mass is 267 g/mol. The molecule has 2 aromatic carbocycles. The highest BCUT2D eigenvalue weighted by Crippen LogP contribution is 2.31. The Balaban J connectivity index is 2.40. The van der Waals surface area contributed by atoms with Gasteiger partial charge in [-0.05, 0) is 17.7 Å². The lowest BCUT2D eigenvalue weighted by Gasteiger charge is -2.09. The van der Waals surface area contributed by atoms with Crippen LogP contribution in [0.25, 0.3) is 22.0 Å². The van der Waals surface area contributed by atoms with Crippen molar-refractivity contribution in [1.29, 1.82) is 0 Å². The zero-order valence-corrected chi connectivity index (χ0v) is 10.8. The highest BCUT2D eigenvalue weighted by Gasteiger charge is 2.10. The van der Waals surface area contributed by atoms with Crippen molar-refractivity contribution in [3.05, 3.63) is 65.3 Å². The second kappa shape index (κ2) is 4.82. The third-order valence-electron chi connectivity index (χ3n) is 3.05. The molecule has 0 fully saturated rings. The van der Waals surface area contributed by atoms with Crippen molar-refractivity contribution in [3.63, 3.8) is 0 Å². The van der Waals surface area contributed by atoms with Crippen LogP contribution in [0.1, 0.15) is 10.4 Å². The van der Waals surface area contributed by atoms with E-state index in [9.17, 15) is 4.79 Å². The van der Waals surface area contributed by atoms with Gasteiger partial charge in [0.2, 0.25) is 0 Å². The molecule has 19 heavy (non-hydrogen) atoms. The van der Waals surface area contributed by atoms with Crippen LogP contribution < -0.4 is 0 Å². The van der Waals surface area contributed by atoms with Gasteiger partial charge in [-0.1, -0.05) is 48.0 Å². The van der Waals surface area contributed by atoms with Crippen LogP contribution in [0, 0.1) is 0 Å². The fraction of sp³-hybridized carbons (Fsp3) is 0. The highest BCUT2D eigenvalue weighted by atomic mass is 35.5. The summed E-state index contributed by atoms with van der Waals surface area (Å²) in [6.07, 6.45) is 2.43. The summed E-state index contributed by atoms with van der Waals surface area (Å²) in [4.78, 5) is 15.5. The molecule has 1 aromatic heterocycles. The summed E-state index contributed by atoms with van der Waals surface area (Å²) in [6.45, 7) is 0. The minimum atomic E-state index is 0.584. The lowest BCUT2D eigenvalue weighted by Crippen LogP contribution is -1.92. The van der Waals surface area contributed by atoms with Crippen molar-refractivity contribution < 1.29 is 4.79 Å². The average Bonchev–Trinajstić information content (AvgIpc) is 2.46. The number of fused-ring (bicyclic) bond motifs is 1. The highest BCUT2D eigenvalue weighted by molar-refractivity contribution is 6.31. The van der Waals surface area contributed by atoms with Crippen molar-refractivity contribution >= 4 is 28.8 Å². The molecule has 0 atom stereocenters. The smallest absolute Gasteiger partial charge is 0.152 e. The molecule has 3 rings (SSSR count). The number of nitrogens with zero attached hydrogens (tertiary/aromatic N) is 1. The van der Waals surface area contributed by atoms with Gasteiger partial charge >= 0.3 is 0 Å². The van der Waals surface area contributed by atoms with E-state index in [0.717, 1.165) is 28.3 Å². The van der Waals surface area contributed by atoms with E-state index in [1.54, 1.807) is 12.3 Å². The SMILES string of the molecule is O=Cc1cnc2cc(Cl)ccc2c1-c1ccccc1. The van der Waals surface area contributed by atoms with Gasteiger partial charge < -0.3 is 0 Å². The Labute approximate surface area is 115 Å². The van der Waals surface area contributed by atoms with E-state index in [-0.39, 0.29) is 0 Å². The minimum absolute atomic E-state index is 0.584. The lowest BCUT2D eigenvalue weighted by molar-refractivity contribution is 0.112. The number of rotatable bonds is 2. The van der Waals surface area contributed by atoms with Gasteiger partial charge in [-0.2, -0.15) is 0 Å². The maximum atomic E-state index is 11.2. The Kier molecular flexibility index (Phi) is 3.02. The van der Waals surface area contributed by atoms with Crippen molar-refractivity contribution in [1.82, 2.24) is 4.98 Å². The molecule has 0 aliphatic carbocycles. The maximum Gasteiger partial charge on any atom is 0.152 e. The summed E-state index contributed by atoms with van der Waals surface area (Å²) >= 11 is 5.98. The molecule has 0 saturated carbocycles. The molecule has 0 saturated heterocycles. The Morgan fingerprint density at radius 2 is 1.84 bits per heavy atom. The number of aromatic nitrogens is 1. The van der Waals surface area contributed by atoms with Crippen molar-refractivity contribution in [2.45, 2.75) is 0 Å². The normalized spacial score (nSPS) is 10.6. The van der Waals surface area contributed by atoms with Crippen molar-refractivity contribution in [2.75, 3.05) is 0 Å². The predicted octanol–water partition coefficient (Wildman–Crippen LogP) is 4.37. The molecule has 2 nitrogen and oxygen atoms in total. The zero-order chi connectivity index (χ0) is 13.2. The minimum Gasteiger partial charge on any atom is -0.298 e. The summed E-state index contributed by atoms with van der Waals surface area (Å²) in [6, 6.07) is 15.3. The summed E-state index contributed by atoms with van der Waals surface area (Å²) in [5.74, 6) is 0. The Morgan fingerprint density at radius 3 is 2.58 bits per heavy atom. The van der Waals surface area contributed by atoms with Crippen LogP contribution in [0.2, 0.25) is 5.02 Å². The standard InChI is InChI=1S/C16H10ClNO/c17-13-6-7-14-15(8-13)18-9-12(10-19)16(14)11-4-2-1-3-5-11/h1-10H. The molecule has 0 N–H and O–H groups in total. The fourth-order valence-corrected chi connectivity index (χ4v) is 2.36. The van der Waals surface area contributed by atoms with Crippen LogP contribution in [0.15, 0.2) is 54.7 Å². The van der Waals surface area contributed by atoms with E-state index in [1.165, 1.54) is 0 Å². The van der Waals surface area contributed by atoms with Crippen LogP contribution in [0.5, 0.6) is 0 Å². The van der Waals surface area contributed by atoms with Crippen LogP contribution in [0.4, 0.5) is 0 Å². The maximum absolute atomic E-state index is 11.2. The van der Waals surface area contributed by atoms with E-state index >= 15 is 0 Å². The molecule has 0 bridgehead atoms. The summed E-state index contributed by atoms with van der Waals surface area (Å²) in [7, 11) is 0. The number of carbonyl (C=O) groups is 1. The van der Waals surface area contributed by atoms with E-state index in [4.69, 9.17) is 11.6 Å². The molecule has 1 heterocycles. The first-order valence-corrected chi connectivity index (χ1v) is 6.26. The van der Waals surface area contributed by atoms with Crippen LogP contribution in [-0.4, -0.2) is 11.3 Å². The number of aldehydes is 1. The third kappa shape index (κ3) is 2.11. The van der Waals surface area contributed by atoms with Crippen molar-refractivity contribution in [3.8, 4) is 11.1 Å². The molecule has 0 unspecified atom stereocenters. The van der Waals surface area contributed by atoms with Gasteiger partial charge in [-0.25, -0.2) is 0 Å². The fourth-order valence-electron chi connectivity index (χ4n) is 2.20.